The lowest BCUT2D eigenvalue weighted by Gasteiger charge is -2.25. The molecule has 0 saturated carbocycles. The molecular weight excluding hydrogens is 440 g/mol. The monoisotopic (exact) mass is 454 g/mol. The highest BCUT2D eigenvalue weighted by Gasteiger charge is 2.25. The normalized spacial score (nSPS) is 14.7. The number of carbonyl (C=O) groups is 1. The van der Waals surface area contributed by atoms with E-state index in [0.29, 0.717) is 42.6 Å². The molecule has 9 nitrogen and oxygen atoms in total. The van der Waals surface area contributed by atoms with Gasteiger partial charge < -0.3 is 14.2 Å². The van der Waals surface area contributed by atoms with Gasteiger partial charge in [-0.15, -0.1) is 11.3 Å². The maximum atomic E-state index is 12.6. The fourth-order valence-corrected chi connectivity index (χ4v) is 4.97. The van der Waals surface area contributed by atoms with Gasteiger partial charge >= 0.3 is 11.8 Å². The van der Waals surface area contributed by atoms with Gasteiger partial charge in [-0.1, -0.05) is 16.8 Å². The van der Waals surface area contributed by atoms with E-state index in [9.17, 15) is 13.2 Å². The molecular formula is C17H15ClN4O5S2. The second kappa shape index (κ2) is 8.11. The molecule has 3 aromatic rings. The first-order chi connectivity index (χ1) is 13.9. The number of nitrogens with one attached hydrogen (secondary N) is 1. The van der Waals surface area contributed by atoms with Crippen LogP contribution in [0.5, 0.6) is 0 Å². The number of thiophene rings is 1. The predicted molar refractivity (Wildman–Crippen MR) is 107 cm³/mol. The van der Waals surface area contributed by atoms with Crippen molar-refractivity contribution in [2.75, 3.05) is 31.0 Å². The minimum absolute atomic E-state index is 0.0771. The van der Waals surface area contributed by atoms with Crippen molar-refractivity contribution < 1.29 is 22.5 Å². The van der Waals surface area contributed by atoms with Gasteiger partial charge in [-0.25, -0.2) is 8.42 Å². The maximum absolute atomic E-state index is 12.6. The molecule has 4 rings (SSSR count). The number of rotatable bonds is 5. The Morgan fingerprint density at radius 1 is 1.21 bits per heavy atom. The largest absolute Gasteiger partial charge is 0.378 e. The van der Waals surface area contributed by atoms with Crippen LogP contribution in [0.3, 0.4) is 0 Å². The third-order valence-corrected chi connectivity index (χ3v) is 7.18. The minimum atomic E-state index is -3.79. The molecule has 1 saturated heterocycles. The quantitative estimate of drug-likeness (QED) is 0.630. The lowest BCUT2D eigenvalue weighted by atomic mass is 10.3. The number of aromatic nitrogens is 2. The number of nitrogens with zero attached hydrogens (tertiary/aromatic N) is 3. The molecule has 1 aliphatic rings. The van der Waals surface area contributed by atoms with E-state index in [1.807, 2.05) is 0 Å². The Labute approximate surface area is 175 Å². The van der Waals surface area contributed by atoms with Crippen molar-refractivity contribution >= 4 is 44.6 Å². The van der Waals surface area contributed by atoms with Gasteiger partial charge in [0.2, 0.25) is 5.82 Å². The summed E-state index contributed by atoms with van der Waals surface area (Å²) in [7, 11) is -3.79. The van der Waals surface area contributed by atoms with Gasteiger partial charge in [-0.3, -0.25) is 9.52 Å². The van der Waals surface area contributed by atoms with E-state index in [1.54, 1.807) is 34.5 Å². The number of hydrogen-bond donors (Lipinski definition) is 1. The summed E-state index contributed by atoms with van der Waals surface area (Å²) >= 11 is 6.82. The molecule has 0 radical (unpaired) electrons. The Hall–Kier alpha value is -2.47. The number of benzene rings is 1. The van der Waals surface area contributed by atoms with Crippen LogP contribution < -0.4 is 4.72 Å². The van der Waals surface area contributed by atoms with Crippen LogP contribution in [-0.4, -0.2) is 55.7 Å². The van der Waals surface area contributed by atoms with Gasteiger partial charge in [-0.05, 0) is 30.3 Å². The number of morpholine rings is 1. The summed E-state index contributed by atoms with van der Waals surface area (Å²) in [6.07, 6.45) is 0. The first-order valence-electron chi connectivity index (χ1n) is 8.50. The Balaban J connectivity index is 1.51. The predicted octanol–water partition coefficient (Wildman–Crippen LogP) is 2.72. The van der Waals surface area contributed by atoms with E-state index in [1.165, 1.54) is 6.07 Å². The molecule has 0 bridgehead atoms. The minimum Gasteiger partial charge on any atom is -0.378 e. The lowest BCUT2D eigenvalue weighted by Crippen LogP contribution is -2.40. The molecule has 152 valence electrons. The van der Waals surface area contributed by atoms with Crippen LogP contribution in [0, 0.1) is 0 Å². The van der Waals surface area contributed by atoms with E-state index >= 15 is 0 Å². The maximum Gasteiger partial charge on any atom is 0.316 e. The Bertz CT molecular complexity index is 1120. The fourth-order valence-electron chi connectivity index (χ4n) is 2.63. The summed E-state index contributed by atoms with van der Waals surface area (Å²) in [4.78, 5) is 18.1. The average molecular weight is 455 g/mol. The zero-order valence-electron chi connectivity index (χ0n) is 14.9. The van der Waals surface area contributed by atoms with Crippen LogP contribution in [0.25, 0.3) is 11.4 Å². The Morgan fingerprint density at radius 3 is 2.66 bits per heavy atom. The molecule has 1 aromatic carbocycles. The molecule has 3 heterocycles. The van der Waals surface area contributed by atoms with E-state index in [4.69, 9.17) is 20.9 Å². The van der Waals surface area contributed by atoms with Gasteiger partial charge in [0.15, 0.2) is 0 Å². The van der Waals surface area contributed by atoms with Crippen molar-refractivity contribution in [2.45, 2.75) is 4.21 Å². The molecule has 1 N–H and O–H groups in total. The van der Waals surface area contributed by atoms with Gasteiger partial charge in [0.05, 0.1) is 13.2 Å². The van der Waals surface area contributed by atoms with Crippen molar-refractivity contribution in [2.24, 2.45) is 0 Å². The molecule has 1 aliphatic heterocycles. The molecule has 1 amide bonds. The van der Waals surface area contributed by atoms with Gasteiger partial charge in [0.25, 0.3) is 10.0 Å². The van der Waals surface area contributed by atoms with Gasteiger partial charge in [0, 0.05) is 34.7 Å². The zero-order valence-corrected chi connectivity index (χ0v) is 17.3. The topological polar surface area (TPSA) is 115 Å². The highest BCUT2D eigenvalue weighted by molar-refractivity contribution is 7.94. The van der Waals surface area contributed by atoms with Crippen LogP contribution in [0.1, 0.15) is 10.7 Å². The Kier molecular flexibility index (Phi) is 5.54. The highest BCUT2D eigenvalue weighted by atomic mass is 35.5. The molecule has 0 spiro atoms. The van der Waals surface area contributed by atoms with Crippen LogP contribution in [0.2, 0.25) is 5.02 Å². The summed E-state index contributed by atoms with van der Waals surface area (Å²) in [6, 6.07) is 7.74. The zero-order chi connectivity index (χ0) is 20.4. The smallest absolute Gasteiger partial charge is 0.316 e. The summed E-state index contributed by atoms with van der Waals surface area (Å²) in [5, 5.41) is 5.90. The molecule has 29 heavy (non-hydrogen) atoms. The third-order valence-electron chi connectivity index (χ3n) is 4.10. The first-order valence-corrected chi connectivity index (χ1v) is 11.2. The molecule has 0 unspecified atom stereocenters. The molecule has 2 aromatic heterocycles. The SMILES string of the molecule is O=C(c1nc(-c2csc(S(=O)(=O)Nc3ccc(Cl)cc3)c2)no1)N1CCOCC1. The van der Waals surface area contributed by atoms with Crippen LogP contribution >= 0.6 is 22.9 Å². The van der Waals surface area contributed by atoms with E-state index in [0.717, 1.165) is 11.3 Å². The molecule has 0 aliphatic carbocycles. The van der Waals surface area contributed by atoms with E-state index in [2.05, 4.69) is 14.9 Å². The average Bonchev–Trinajstić information content (AvgIpc) is 3.40. The summed E-state index contributed by atoms with van der Waals surface area (Å²) in [5.41, 5.74) is 0.832. The first kappa shape index (κ1) is 19.8. The number of ether oxygens (including phenoxy) is 1. The fraction of sp³-hybridized carbons (Fsp3) is 0.235. The van der Waals surface area contributed by atoms with Gasteiger partial charge in [-0.2, -0.15) is 4.98 Å². The summed E-state index contributed by atoms with van der Waals surface area (Å²) < 4.78 is 38.0. The number of hydrogen-bond acceptors (Lipinski definition) is 8. The highest BCUT2D eigenvalue weighted by Crippen LogP contribution is 2.28. The number of halogens is 1. The van der Waals surface area contributed by atoms with Crippen molar-refractivity contribution in [3.8, 4) is 11.4 Å². The number of anilines is 1. The summed E-state index contributed by atoms with van der Waals surface area (Å²) in [6.45, 7) is 1.82. The molecule has 0 atom stereocenters. The van der Waals surface area contributed by atoms with Crippen LogP contribution in [-0.2, 0) is 14.8 Å². The third kappa shape index (κ3) is 4.42. The Morgan fingerprint density at radius 2 is 1.93 bits per heavy atom. The summed E-state index contributed by atoms with van der Waals surface area (Å²) in [5.74, 6) is -0.373. The number of amides is 1. The van der Waals surface area contributed by atoms with Crippen LogP contribution in [0.15, 0.2) is 44.4 Å². The van der Waals surface area contributed by atoms with Crippen molar-refractivity contribution in [1.29, 1.82) is 0 Å². The van der Waals surface area contributed by atoms with Gasteiger partial charge in [0.1, 0.15) is 4.21 Å². The molecule has 1 fully saturated rings. The van der Waals surface area contributed by atoms with Crippen LogP contribution in [0.4, 0.5) is 5.69 Å². The molecule has 12 heteroatoms. The van der Waals surface area contributed by atoms with Crippen molar-refractivity contribution in [3.63, 3.8) is 0 Å². The van der Waals surface area contributed by atoms with Crippen molar-refractivity contribution in [1.82, 2.24) is 15.0 Å². The second-order valence-electron chi connectivity index (χ2n) is 6.09. The van der Waals surface area contributed by atoms with Crippen molar-refractivity contribution in [3.05, 3.63) is 46.6 Å². The standard InChI is InChI=1S/C17H15ClN4O5S2/c18-12-1-3-13(4-2-12)21-29(24,25)14-9-11(10-28-14)15-19-16(27-20-15)17(23)22-5-7-26-8-6-22/h1-4,9-10,21H,5-8H2. The number of carbonyl (C=O) groups excluding carboxylic acids is 1. The number of sulfonamides is 1. The van der Waals surface area contributed by atoms with E-state index < -0.39 is 10.0 Å². The lowest BCUT2D eigenvalue weighted by molar-refractivity contribution is 0.0272. The second-order valence-corrected chi connectivity index (χ2v) is 9.35. The van der Waals surface area contributed by atoms with E-state index in [-0.39, 0.29) is 21.8 Å².